The maximum Gasteiger partial charge on any atom is 0.321 e. The van der Waals surface area contributed by atoms with E-state index in [0.29, 0.717) is 17.9 Å². The number of anilines is 1. The normalized spacial score (nSPS) is 25.4. The molecule has 0 radical (unpaired) electrons. The lowest BCUT2D eigenvalue weighted by atomic mass is 9.75. The number of fused-ring (bicyclic) bond motifs is 1. The van der Waals surface area contributed by atoms with Crippen LogP contribution in [0.5, 0.6) is 0 Å². The van der Waals surface area contributed by atoms with Gasteiger partial charge in [-0.2, -0.15) is 0 Å². The van der Waals surface area contributed by atoms with Gasteiger partial charge in [-0.3, -0.25) is 0 Å². The highest BCUT2D eigenvalue weighted by molar-refractivity contribution is 5.92. The van der Waals surface area contributed by atoms with Crippen LogP contribution >= 0.6 is 0 Å². The van der Waals surface area contributed by atoms with Crippen LogP contribution < -0.4 is 11.1 Å². The molecule has 2 unspecified atom stereocenters. The maximum atomic E-state index is 11.7. The number of rotatable bonds is 2. The fourth-order valence-corrected chi connectivity index (χ4v) is 3.86. The predicted molar refractivity (Wildman–Crippen MR) is 85.0 cm³/mol. The van der Waals surface area contributed by atoms with Crippen molar-refractivity contribution in [1.29, 1.82) is 0 Å². The Morgan fingerprint density at radius 2 is 2.19 bits per heavy atom. The molecule has 21 heavy (non-hydrogen) atoms. The molecular weight excluding hydrogens is 262 g/mol. The van der Waals surface area contributed by atoms with Gasteiger partial charge in [0.2, 0.25) is 0 Å². The van der Waals surface area contributed by atoms with Gasteiger partial charge in [0, 0.05) is 25.3 Å². The summed E-state index contributed by atoms with van der Waals surface area (Å²) >= 11 is 0. The molecule has 1 heterocycles. The summed E-state index contributed by atoms with van der Waals surface area (Å²) in [5.74, 6) is 0.534. The van der Waals surface area contributed by atoms with Crippen LogP contribution in [0.2, 0.25) is 0 Å². The fraction of sp³-hybridized carbons (Fsp3) is 0.588. The third-order valence-electron chi connectivity index (χ3n) is 5.28. The molecule has 3 rings (SSSR count). The van der Waals surface area contributed by atoms with E-state index >= 15 is 0 Å². The van der Waals surface area contributed by atoms with Crippen molar-refractivity contribution in [2.75, 3.05) is 12.4 Å². The summed E-state index contributed by atoms with van der Waals surface area (Å²) in [5.41, 5.74) is 10.2. The van der Waals surface area contributed by atoms with Crippen molar-refractivity contribution in [3.8, 4) is 0 Å². The van der Waals surface area contributed by atoms with E-state index in [9.17, 15) is 4.79 Å². The molecule has 2 atom stereocenters. The van der Waals surface area contributed by atoms with Gasteiger partial charge in [-0.05, 0) is 41.4 Å². The molecule has 0 bridgehead atoms. The minimum Gasteiger partial charge on any atom is -0.324 e. The minimum absolute atomic E-state index is 0.0449. The topological polar surface area (TPSA) is 58.4 Å². The zero-order valence-corrected chi connectivity index (χ0v) is 13.1. The molecule has 1 fully saturated rings. The summed E-state index contributed by atoms with van der Waals surface area (Å²) in [6, 6.07) is 6.28. The molecule has 4 heteroatoms. The molecule has 2 aliphatic rings. The first-order valence-electron chi connectivity index (χ1n) is 7.79. The molecule has 0 saturated heterocycles. The number of carbonyl (C=O) groups excluding carboxylic acids is 1. The molecule has 4 nitrogen and oxygen atoms in total. The number of nitrogens with two attached hydrogens (primary N) is 1. The summed E-state index contributed by atoms with van der Waals surface area (Å²) in [4.78, 5) is 13.4. The highest BCUT2D eigenvalue weighted by Crippen LogP contribution is 2.48. The second kappa shape index (κ2) is 5.02. The van der Waals surface area contributed by atoms with Gasteiger partial charge in [0.05, 0.1) is 0 Å². The van der Waals surface area contributed by atoms with Gasteiger partial charge in [-0.15, -0.1) is 0 Å². The molecule has 0 aromatic heterocycles. The van der Waals surface area contributed by atoms with Crippen LogP contribution in [0.15, 0.2) is 18.2 Å². The van der Waals surface area contributed by atoms with Gasteiger partial charge in [-0.25, -0.2) is 4.79 Å². The zero-order valence-electron chi connectivity index (χ0n) is 13.1. The molecule has 1 aromatic rings. The summed E-state index contributed by atoms with van der Waals surface area (Å²) in [6.45, 7) is 5.31. The number of hydrogen-bond acceptors (Lipinski definition) is 2. The van der Waals surface area contributed by atoms with E-state index in [1.165, 1.54) is 24.8 Å². The van der Waals surface area contributed by atoms with Crippen molar-refractivity contribution in [2.45, 2.75) is 45.7 Å². The first-order valence-corrected chi connectivity index (χ1v) is 7.79. The Hall–Kier alpha value is -1.55. The van der Waals surface area contributed by atoms with Crippen LogP contribution in [0.4, 0.5) is 10.5 Å². The second-order valence-electron chi connectivity index (χ2n) is 7.22. The van der Waals surface area contributed by atoms with Gasteiger partial charge < -0.3 is 16.0 Å². The van der Waals surface area contributed by atoms with E-state index in [0.717, 1.165) is 11.3 Å². The average Bonchev–Trinajstić information content (AvgIpc) is 2.78. The van der Waals surface area contributed by atoms with E-state index in [2.05, 4.69) is 31.3 Å². The third-order valence-corrected chi connectivity index (χ3v) is 5.28. The van der Waals surface area contributed by atoms with E-state index < -0.39 is 0 Å². The lowest BCUT2D eigenvalue weighted by Crippen LogP contribution is -2.36. The summed E-state index contributed by atoms with van der Waals surface area (Å²) < 4.78 is 0. The first-order chi connectivity index (χ1) is 9.88. The molecule has 3 N–H and O–H groups in total. The van der Waals surface area contributed by atoms with Crippen LogP contribution in [0.3, 0.4) is 0 Å². The van der Waals surface area contributed by atoms with Crippen molar-refractivity contribution < 1.29 is 4.79 Å². The third kappa shape index (κ3) is 2.53. The number of nitrogens with one attached hydrogen (secondary N) is 1. The maximum absolute atomic E-state index is 11.7. The lowest BCUT2D eigenvalue weighted by Gasteiger charge is -2.33. The zero-order chi connectivity index (χ0) is 15.2. The van der Waals surface area contributed by atoms with Crippen molar-refractivity contribution in [3.63, 3.8) is 0 Å². The van der Waals surface area contributed by atoms with Gasteiger partial charge in [0.1, 0.15) is 0 Å². The number of amides is 2. The Labute approximate surface area is 126 Å². The second-order valence-corrected chi connectivity index (χ2v) is 7.22. The largest absolute Gasteiger partial charge is 0.324 e. The standard InChI is InChI=1S/C17H25N3O/c1-17(2)8-4-5-13(17)15(18)11-6-7-14-12(9-11)10-20(3)16(21)19-14/h6-7,9,13,15H,4-5,8,10,18H2,1-3H3,(H,19,21). The van der Waals surface area contributed by atoms with E-state index in [1.807, 2.05) is 13.1 Å². The minimum atomic E-state index is -0.0449. The van der Waals surface area contributed by atoms with Gasteiger partial charge in [0.25, 0.3) is 0 Å². The lowest BCUT2D eigenvalue weighted by molar-refractivity contribution is 0.218. The van der Waals surface area contributed by atoms with E-state index in [4.69, 9.17) is 5.73 Å². The Bertz CT molecular complexity index is 567. The van der Waals surface area contributed by atoms with Gasteiger partial charge in [0.15, 0.2) is 0 Å². The van der Waals surface area contributed by atoms with Crippen molar-refractivity contribution in [2.24, 2.45) is 17.1 Å². The molecule has 1 aliphatic carbocycles. The predicted octanol–water partition coefficient (Wildman–Crippen LogP) is 3.49. The summed E-state index contributed by atoms with van der Waals surface area (Å²) in [7, 11) is 1.81. The van der Waals surface area contributed by atoms with E-state index in [-0.39, 0.29) is 12.1 Å². The molecular formula is C17H25N3O. The Balaban J connectivity index is 1.87. The Morgan fingerprint density at radius 3 is 2.86 bits per heavy atom. The van der Waals surface area contributed by atoms with Crippen LogP contribution in [0.25, 0.3) is 0 Å². The van der Waals surface area contributed by atoms with Crippen LogP contribution in [0, 0.1) is 11.3 Å². The number of benzene rings is 1. The first kappa shape index (κ1) is 14.4. The smallest absolute Gasteiger partial charge is 0.321 e. The molecule has 1 saturated carbocycles. The van der Waals surface area contributed by atoms with Gasteiger partial charge in [-0.1, -0.05) is 32.4 Å². The average molecular weight is 287 g/mol. The van der Waals surface area contributed by atoms with E-state index in [1.54, 1.807) is 4.90 Å². The number of nitrogens with zero attached hydrogens (tertiary/aromatic N) is 1. The molecule has 114 valence electrons. The monoisotopic (exact) mass is 287 g/mol. The summed E-state index contributed by atoms with van der Waals surface area (Å²) in [5, 5.41) is 2.91. The van der Waals surface area contributed by atoms with Crippen LogP contribution in [-0.2, 0) is 6.54 Å². The quantitative estimate of drug-likeness (QED) is 0.874. The highest BCUT2D eigenvalue weighted by Gasteiger charge is 2.38. The number of carbonyl (C=O) groups is 1. The Morgan fingerprint density at radius 1 is 1.43 bits per heavy atom. The van der Waals surface area contributed by atoms with Crippen molar-refractivity contribution in [3.05, 3.63) is 29.3 Å². The summed E-state index contributed by atoms with van der Waals surface area (Å²) in [6.07, 6.45) is 3.74. The molecule has 1 aliphatic heterocycles. The molecule has 0 spiro atoms. The highest BCUT2D eigenvalue weighted by atomic mass is 16.2. The fourth-order valence-electron chi connectivity index (χ4n) is 3.86. The molecule has 1 aromatic carbocycles. The number of hydrogen-bond donors (Lipinski definition) is 2. The van der Waals surface area contributed by atoms with Gasteiger partial charge >= 0.3 is 6.03 Å². The SMILES string of the molecule is CN1Cc2cc(C(N)C3CCCC3(C)C)ccc2NC1=O. The van der Waals surface area contributed by atoms with Crippen molar-refractivity contribution >= 4 is 11.7 Å². The Kier molecular flexibility index (Phi) is 3.44. The number of urea groups is 1. The molecule has 2 amide bonds. The van der Waals surface area contributed by atoms with Crippen LogP contribution in [-0.4, -0.2) is 18.0 Å². The van der Waals surface area contributed by atoms with Crippen LogP contribution in [0.1, 0.15) is 50.3 Å². The van der Waals surface area contributed by atoms with Crippen molar-refractivity contribution in [1.82, 2.24) is 4.90 Å².